The maximum absolute atomic E-state index is 15.1. The molecule has 5 N–H and O–H groups in total. The highest BCUT2D eigenvalue weighted by atomic mass is 19.1. The van der Waals surface area contributed by atoms with E-state index in [4.69, 9.17) is 10.5 Å². The SMILES string of the molecule is CNCc1c(NC)c(F)cc(NC(=O)c2ccnn(-c3c(F)cccc3OC)c2=O)c1N1CCC(N)C1. The third-order valence-electron chi connectivity index (χ3n) is 6.22. The van der Waals surface area contributed by atoms with Crippen LogP contribution in [-0.4, -0.2) is 56.0 Å². The van der Waals surface area contributed by atoms with Gasteiger partial charge in [0.2, 0.25) is 0 Å². The van der Waals surface area contributed by atoms with Crippen LogP contribution in [-0.2, 0) is 6.54 Å². The Morgan fingerprint density at radius 2 is 2.00 bits per heavy atom. The minimum absolute atomic E-state index is 0.0706. The third-order valence-corrected chi connectivity index (χ3v) is 6.22. The molecule has 2 heterocycles. The van der Waals surface area contributed by atoms with Crippen molar-refractivity contribution in [1.29, 1.82) is 0 Å². The summed E-state index contributed by atoms with van der Waals surface area (Å²) in [6, 6.07) is 6.42. The average Bonchev–Trinajstić information content (AvgIpc) is 3.30. The predicted octanol–water partition coefficient (Wildman–Crippen LogP) is 2.07. The third kappa shape index (κ3) is 4.98. The summed E-state index contributed by atoms with van der Waals surface area (Å²) in [4.78, 5) is 28.6. The van der Waals surface area contributed by atoms with Gasteiger partial charge < -0.3 is 31.3 Å². The normalized spacial score (nSPS) is 15.1. The van der Waals surface area contributed by atoms with E-state index in [0.717, 1.165) is 17.2 Å². The quantitative estimate of drug-likeness (QED) is 0.361. The Hall–Kier alpha value is -4.03. The molecule has 1 fully saturated rings. The molecule has 12 heteroatoms. The number of ether oxygens (including phenoxy) is 1. The van der Waals surface area contributed by atoms with Gasteiger partial charge in [0.25, 0.3) is 11.5 Å². The number of carbonyl (C=O) groups is 1. The van der Waals surface area contributed by atoms with E-state index in [2.05, 4.69) is 21.0 Å². The lowest BCUT2D eigenvalue weighted by atomic mass is 10.1. The molecule has 0 bridgehead atoms. The minimum Gasteiger partial charge on any atom is -0.494 e. The first-order valence-electron chi connectivity index (χ1n) is 11.7. The fourth-order valence-electron chi connectivity index (χ4n) is 4.56. The van der Waals surface area contributed by atoms with Crippen LogP contribution in [0, 0.1) is 11.6 Å². The molecule has 1 aromatic heterocycles. The highest BCUT2D eigenvalue weighted by Crippen LogP contribution is 2.39. The highest BCUT2D eigenvalue weighted by molar-refractivity contribution is 6.06. The molecule has 1 unspecified atom stereocenters. The number of benzene rings is 2. The second kappa shape index (κ2) is 10.9. The molecule has 4 rings (SSSR count). The number of hydrogen-bond acceptors (Lipinski definition) is 8. The van der Waals surface area contributed by atoms with Crippen molar-refractivity contribution >= 4 is 23.0 Å². The van der Waals surface area contributed by atoms with Crippen molar-refractivity contribution in [1.82, 2.24) is 15.1 Å². The smallest absolute Gasteiger partial charge is 0.284 e. The second-order valence-electron chi connectivity index (χ2n) is 8.59. The number of amides is 1. The predicted molar refractivity (Wildman–Crippen MR) is 138 cm³/mol. The second-order valence-corrected chi connectivity index (χ2v) is 8.59. The lowest BCUT2D eigenvalue weighted by molar-refractivity contribution is 0.102. The number of hydrogen-bond donors (Lipinski definition) is 4. The van der Waals surface area contributed by atoms with Crippen LogP contribution < -0.4 is 36.9 Å². The van der Waals surface area contributed by atoms with Crippen molar-refractivity contribution in [3.63, 3.8) is 0 Å². The monoisotopic (exact) mass is 513 g/mol. The zero-order chi connectivity index (χ0) is 26.7. The lowest BCUT2D eigenvalue weighted by Crippen LogP contribution is -2.32. The Labute approximate surface area is 212 Å². The number of aromatic nitrogens is 2. The van der Waals surface area contributed by atoms with Gasteiger partial charge in [-0.25, -0.2) is 8.78 Å². The van der Waals surface area contributed by atoms with E-state index in [-0.39, 0.29) is 28.7 Å². The molecular formula is C25H29F2N7O3. The zero-order valence-electron chi connectivity index (χ0n) is 20.8. The average molecular weight is 514 g/mol. The maximum atomic E-state index is 15.1. The van der Waals surface area contributed by atoms with Gasteiger partial charge in [0.05, 0.1) is 24.2 Å². The van der Waals surface area contributed by atoms with Gasteiger partial charge in [0, 0.05) is 50.6 Å². The number of halogens is 2. The summed E-state index contributed by atoms with van der Waals surface area (Å²) < 4.78 is 35.7. The van der Waals surface area contributed by atoms with Crippen LogP contribution in [0.1, 0.15) is 22.3 Å². The summed E-state index contributed by atoms with van der Waals surface area (Å²) in [7, 11) is 4.68. The molecule has 0 aliphatic carbocycles. The summed E-state index contributed by atoms with van der Waals surface area (Å²) >= 11 is 0. The molecule has 0 saturated carbocycles. The van der Waals surface area contributed by atoms with Crippen molar-refractivity contribution in [3.05, 3.63) is 69.6 Å². The van der Waals surface area contributed by atoms with Crippen molar-refractivity contribution in [2.75, 3.05) is 49.8 Å². The largest absolute Gasteiger partial charge is 0.494 e. The van der Waals surface area contributed by atoms with E-state index < -0.39 is 23.1 Å². The summed E-state index contributed by atoms with van der Waals surface area (Å²) in [6.45, 7) is 1.45. The van der Waals surface area contributed by atoms with Gasteiger partial charge in [-0.3, -0.25) is 9.59 Å². The number of nitrogens with one attached hydrogen (secondary N) is 3. The van der Waals surface area contributed by atoms with Gasteiger partial charge in [-0.15, -0.1) is 0 Å². The minimum atomic E-state index is -0.865. The number of methoxy groups -OCH3 is 1. The molecule has 0 spiro atoms. The molecule has 1 amide bonds. The Morgan fingerprint density at radius 1 is 1.22 bits per heavy atom. The molecule has 1 aliphatic rings. The summed E-state index contributed by atoms with van der Waals surface area (Å²) in [5.41, 5.74) is 6.42. The summed E-state index contributed by atoms with van der Waals surface area (Å²) in [5, 5.41) is 12.6. The van der Waals surface area contributed by atoms with Crippen LogP contribution >= 0.6 is 0 Å². The summed E-state index contributed by atoms with van der Waals surface area (Å²) in [5.74, 6) is -2.05. The topological polar surface area (TPSA) is 127 Å². The first kappa shape index (κ1) is 26.0. The molecular weight excluding hydrogens is 484 g/mol. The van der Waals surface area contributed by atoms with Crippen molar-refractivity contribution in [3.8, 4) is 11.4 Å². The van der Waals surface area contributed by atoms with Crippen LogP contribution in [0.4, 0.5) is 25.8 Å². The standard InChI is InChI=1S/C25H29F2N7O3/c1-29-12-16-21(30-2)18(27)11-19(22(16)33-10-8-14(28)13-33)32-24(35)15-7-9-31-34(25(15)36)23-17(26)5-4-6-20(23)37-3/h4-7,9,11,14,29-30H,8,10,12-13,28H2,1-3H3,(H,32,35). The number of nitrogens with two attached hydrogens (primary N) is 1. The molecule has 196 valence electrons. The Morgan fingerprint density at radius 3 is 2.65 bits per heavy atom. The Bertz CT molecular complexity index is 1380. The van der Waals surface area contributed by atoms with Crippen molar-refractivity contribution < 1.29 is 18.3 Å². The lowest BCUT2D eigenvalue weighted by Gasteiger charge is -2.27. The maximum Gasteiger partial charge on any atom is 0.284 e. The zero-order valence-corrected chi connectivity index (χ0v) is 20.8. The van der Waals surface area contributed by atoms with E-state index in [1.54, 1.807) is 14.1 Å². The van der Waals surface area contributed by atoms with E-state index in [1.807, 2.05) is 4.90 Å². The molecule has 1 atom stereocenters. The van der Waals surface area contributed by atoms with Gasteiger partial charge in [-0.1, -0.05) is 6.07 Å². The number of anilines is 3. The van der Waals surface area contributed by atoms with Gasteiger partial charge >= 0.3 is 0 Å². The van der Waals surface area contributed by atoms with Crippen molar-refractivity contribution in [2.45, 2.75) is 19.0 Å². The van der Waals surface area contributed by atoms with E-state index in [1.165, 1.54) is 37.6 Å². The van der Waals surface area contributed by atoms with Gasteiger partial charge in [0.15, 0.2) is 5.82 Å². The molecule has 1 saturated heterocycles. The fraction of sp³-hybridized carbons (Fsp3) is 0.320. The number of rotatable bonds is 8. The first-order chi connectivity index (χ1) is 17.8. The number of nitrogens with zero attached hydrogens (tertiary/aromatic N) is 3. The number of carbonyl (C=O) groups excluding carboxylic acids is 1. The van der Waals surface area contributed by atoms with E-state index >= 15 is 4.39 Å². The van der Waals surface area contributed by atoms with E-state index in [9.17, 15) is 14.0 Å². The van der Waals surface area contributed by atoms with Crippen LogP contribution in [0.3, 0.4) is 0 Å². The van der Waals surface area contributed by atoms with Crippen molar-refractivity contribution in [2.24, 2.45) is 5.73 Å². The van der Waals surface area contributed by atoms with Gasteiger partial charge in [0.1, 0.15) is 22.8 Å². The number of para-hydroxylation sites is 1. The van der Waals surface area contributed by atoms with E-state index in [0.29, 0.717) is 36.6 Å². The van der Waals surface area contributed by atoms with Crippen LogP contribution in [0.25, 0.3) is 5.69 Å². The molecule has 1 aliphatic heterocycles. The molecule has 37 heavy (non-hydrogen) atoms. The molecule has 0 radical (unpaired) electrons. The highest BCUT2D eigenvalue weighted by Gasteiger charge is 2.28. The fourth-order valence-corrected chi connectivity index (χ4v) is 4.56. The first-order valence-corrected chi connectivity index (χ1v) is 11.7. The van der Waals surface area contributed by atoms with Crippen LogP contribution in [0.5, 0.6) is 5.75 Å². The summed E-state index contributed by atoms with van der Waals surface area (Å²) in [6.07, 6.45) is 1.94. The van der Waals surface area contributed by atoms with Crippen LogP contribution in [0.2, 0.25) is 0 Å². The van der Waals surface area contributed by atoms with Gasteiger partial charge in [-0.2, -0.15) is 9.78 Å². The molecule has 3 aromatic rings. The molecule has 10 nitrogen and oxygen atoms in total. The van der Waals surface area contributed by atoms with Crippen LogP contribution in [0.15, 0.2) is 41.3 Å². The van der Waals surface area contributed by atoms with Gasteiger partial charge in [-0.05, 0) is 31.7 Å². The Balaban J connectivity index is 1.80. The Kier molecular flexibility index (Phi) is 7.69. The molecule has 2 aromatic carbocycles.